The monoisotopic (exact) mass is 388 g/mol. The van der Waals surface area contributed by atoms with Crippen molar-refractivity contribution in [3.05, 3.63) is 78.2 Å². The molecule has 9 heteroatoms. The van der Waals surface area contributed by atoms with E-state index >= 15 is 0 Å². The molecule has 2 heterocycles. The fraction of sp³-hybridized carbons (Fsp3) is 0.105. The normalized spacial score (nSPS) is 11.0. The Kier molecular flexibility index (Phi) is 5.73. The Bertz CT molecular complexity index is 932. The number of amides is 1. The predicted octanol–water partition coefficient (Wildman–Crippen LogP) is 4.24. The maximum Gasteiger partial charge on any atom is 0.573 e. The van der Waals surface area contributed by atoms with Crippen molar-refractivity contribution < 1.29 is 22.7 Å². The third-order valence-corrected chi connectivity index (χ3v) is 3.57. The number of halogens is 3. The van der Waals surface area contributed by atoms with Crippen LogP contribution in [0.25, 0.3) is 0 Å². The molecule has 0 atom stereocenters. The molecule has 144 valence electrons. The Balaban J connectivity index is 1.58. The van der Waals surface area contributed by atoms with Crippen molar-refractivity contribution in [1.82, 2.24) is 9.97 Å². The molecule has 0 aliphatic rings. The Labute approximate surface area is 158 Å². The van der Waals surface area contributed by atoms with Crippen LogP contribution in [0.5, 0.6) is 5.75 Å². The maximum absolute atomic E-state index is 12.2. The summed E-state index contributed by atoms with van der Waals surface area (Å²) in [5.74, 6) is -0.256. The number of alkyl halides is 3. The van der Waals surface area contributed by atoms with E-state index in [1.807, 2.05) is 6.07 Å². The van der Waals surface area contributed by atoms with Crippen LogP contribution in [0, 0.1) is 0 Å². The molecular formula is C19H15F3N4O2. The molecule has 2 aromatic heterocycles. The van der Waals surface area contributed by atoms with E-state index in [-0.39, 0.29) is 11.7 Å². The molecule has 6 nitrogen and oxygen atoms in total. The number of rotatable bonds is 6. The van der Waals surface area contributed by atoms with Crippen LogP contribution in [0.4, 0.5) is 24.7 Å². The molecular weight excluding hydrogens is 373 g/mol. The van der Waals surface area contributed by atoms with Gasteiger partial charge in [-0.3, -0.25) is 9.78 Å². The quantitative estimate of drug-likeness (QED) is 0.661. The molecule has 1 amide bonds. The summed E-state index contributed by atoms with van der Waals surface area (Å²) in [6.45, 7) is 0.367. The van der Waals surface area contributed by atoms with Crippen LogP contribution in [-0.2, 0) is 6.54 Å². The van der Waals surface area contributed by atoms with Gasteiger partial charge in [-0.2, -0.15) is 0 Å². The molecule has 28 heavy (non-hydrogen) atoms. The first-order valence-electron chi connectivity index (χ1n) is 8.15. The summed E-state index contributed by atoms with van der Waals surface area (Å²) in [6.07, 6.45) is -0.695. The van der Waals surface area contributed by atoms with Gasteiger partial charge in [0.1, 0.15) is 11.6 Å². The highest BCUT2D eigenvalue weighted by Gasteiger charge is 2.31. The van der Waals surface area contributed by atoms with Crippen LogP contribution in [0.15, 0.2) is 67.1 Å². The fourth-order valence-electron chi connectivity index (χ4n) is 2.34. The lowest BCUT2D eigenvalue weighted by molar-refractivity contribution is -0.274. The van der Waals surface area contributed by atoms with Gasteiger partial charge in [-0.25, -0.2) is 4.98 Å². The number of nitrogens with one attached hydrogen (secondary N) is 2. The van der Waals surface area contributed by atoms with Gasteiger partial charge in [-0.1, -0.05) is 12.1 Å². The van der Waals surface area contributed by atoms with E-state index in [0.29, 0.717) is 23.6 Å². The van der Waals surface area contributed by atoms with E-state index in [2.05, 4.69) is 25.3 Å². The number of benzene rings is 1. The molecule has 1 aromatic carbocycles. The SMILES string of the molecule is O=C(Nc1cccc(CNc2ccc(OC(F)(F)F)cn2)c1)c1ccncc1. The molecule has 0 saturated heterocycles. The van der Waals surface area contributed by atoms with Crippen LogP contribution in [0.2, 0.25) is 0 Å². The lowest BCUT2D eigenvalue weighted by Crippen LogP contribution is -2.17. The zero-order valence-electron chi connectivity index (χ0n) is 14.4. The summed E-state index contributed by atoms with van der Waals surface area (Å²) < 4.78 is 40.2. The first kappa shape index (κ1) is 19.2. The van der Waals surface area contributed by atoms with Gasteiger partial charge in [0.05, 0.1) is 6.20 Å². The summed E-state index contributed by atoms with van der Waals surface area (Å²) in [7, 11) is 0. The van der Waals surface area contributed by atoms with Gasteiger partial charge < -0.3 is 15.4 Å². The second-order valence-electron chi connectivity index (χ2n) is 5.67. The Morgan fingerprint density at radius 1 is 1.07 bits per heavy atom. The molecule has 3 rings (SSSR count). The minimum Gasteiger partial charge on any atom is -0.404 e. The van der Waals surface area contributed by atoms with Gasteiger partial charge in [0.2, 0.25) is 0 Å². The number of carbonyl (C=O) groups is 1. The number of hydrogen-bond donors (Lipinski definition) is 2. The van der Waals surface area contributed by atoms with Crippen LogP contribution < -0.4 is 15.4 Å². The van der Waals surface area contributed by atoms with Crippen molar-refractivity contribution in [2.24, 2.45) is 0 Å². The van der Waals surface area contributed by atoms with Crippen LogP contribution in [-0.4, -0.2) is 22.2 Å². The zero-order chi connectivity index (χ0) is 20.0. The number of hydrogen-bond acceptors (Lipinski definition) is 5. The lowest BCUT2D eigenvalue weighted by atomic mass is 10.2. The number of nitrogens with zero attached hydrogens (tertiary/aromatic N) is 2. The first-order chi connectivity index (χ1) is 13.4. The molecule has 0 spiro atoms. The maximum atomic E-state index is 12.2. The van der Waals surface area contributed by atoms with E-state index in [1.165, 1.54) is 24.5 Å². The Morgan fingerprint density at radius 3 is 2.54 bits per heavy atom. The number of anilines is 2. The topological polar surface area (TPSA) is 76.1 Å². The Hall–Kier alpha value is -3.62. The smallest absolute Gasteiger partial charge is 0.404 e. The van der Waals surface area contributed by atoms with E-state index in [0.717, 1.165) is 11.8 Å². The molecule has 0 unspecified atom stereocenters. The van der Waals surface area contributed by atoms with E-state index in [1.54, 1.807) is 30.3 Å². The summed E-state index contributed by atoms with van der Waals surface area (Å²) in [5, 5.41) is 5.79. The van der Waals surface area contributed by atoms with Gasteiger partial charge in [-0.15, -0.1) is 13.2 Å². The highest BCUT2D eigenvalue weighted by molar-refractivity contribution is 6.04. The molecule has 0 aliphatic heterocycles. The highest BCUT2D eigenvalue weighted by atomic mass is 19.4. The summed E-state index contributed by atoms with van der Waals surface area (Å²) in [5.41, 5.74) is 1.96. The summed E-state index contributed by atoms with van der Waals surface area (Å²) in [4.78, 5) is 19.9. The van der Waals surface area contributed by atoms with E-state index in [4.69, 9.17) is 0 Å². The van der Waals surface area contributed by atoms with Crippen molar-refractivity contribution >= 4 is 17.4 Å². The molecule has 0 saturated carbocycles. The number of ether oxygens (including phenoxy) is 1. The lowest BCUT2D eigenvalue weighted by Gasteiger charge is -2.10. The minimum absolute atomic E-state index is 0.255. The van der Waals surface area contributed by atoms with Crippen LogP contribution in [0.1, 0.15) is 15.9 Å². The summed E-state index contributed by atoms with van der Waals surface area (Å²) in [6, 6.07) is 12.9. The summed E-state index contributed by atoms with van der Waals surface area (Å²) >= 11 is 0. The third kappa shape index (κ3) is 5.70. The average Bonchev–Trinajstić information content (AvgIpc) is 2.67. The van der Waals surface area contributed by atoms with Gasteiger partial charge in [0, 0.05) is 30.2 Å². The number of carbonyl (C=O) groups excluding carboxylic acids is 1. The van der Waals surface area contributed by atoms with Crippen LogP contribution in [0.3, 0.4) is 0 Å². The second-order valence-corrected chi connectivity index (χ2v) is 5.67. The number of pyridine rings is 2. The molecule has 0 fully saturated rings. The minimum atomic E-state index is -4.75. The highest BCUT2D eigenvalue weighted by Crippen LogP contribution is 2.22. The van der Waals surface area contributed by atoms with Gasteiger partial charge >= 0.3 is 6.36 Å². The molecule has 0 aliphatic carbocycles. The zero-order valence-corrected chi connectivity index (χ0v) is 14.4. The molecule has 3 aromatic rings. The molecule has 0 radical (unpaired) electrons. The van der Waals surface area contributed by atoms with E-state index < -0.39 is 6.36 Å². The molecule has 2 N–H and O–H groups in total. The second kappa shape index (κ2) is 8.38. The molecule has 0 bridgehead atoms. The standard InChI is InChI=1S/C19H15F3N4O2/c20-19(21,22)28-16-4-5-17(25-12-16)24-11-13-2-1-3-15(10-13)26-18(27)14-6-8-23-9-7-14/h1-10,12H,11H2,(H,24,25)(H,26,27). The van der Waals surface area contributed by atoms with Crippen molar-refractivity contribution in [2.45, 2.75) is 12.9 Å². The predicted molar refractivity (Wildman–Crippen MR) is 96.9 cm³/mol. The van der Waals surface area contributed by atoms with Gasteiger partial charge in [-0.05, 0) is 42.0 Å². The van der Waals surface area contributed by atoms with Gasteiger partial charge in [0.15, 0.2) is 0 Å². The van der Waals surface area contributed by atoms with E-state index in [9.17, 15) is 18.0 Å². The fourth-order valence-corrected chi connectivity index (χ4v) is 2.34. The third-order valence-electron chi connectivity index (χ3n) is 3.57. The van der Waals surface area contributed by atoms with Crippen molar-refractivity contribution in [3.8, 4) is 5.75 Å². The number of aromatic nitrogens is 2. The first-order valence-corrected chi connectivity index (χ1v) is 8.15. The largest absolute Gasteiger partial charge is 0.573 e. The van der Waals surface area contributed by atoms with Crippen molar-refractivity contribution in [2.75, 3.05) is 10.6 Å². The van der Waals surface area contributed by atoms with Crippen molar-refractivity contribution in [1.29, 1.82) is 0 Å². The van der Waals surface area contributed by atoms with Crippen LogP contribution >= 0.6 is 0 Å². The van der Waals surface area contributed by atoms with Crippen molar-refractivity contribution in [3.63, 3.8) is 0 Å². The average molecular weight is 388 g/mol. The van der Waals surface area contributed by atoms with Gasteiger partial charge in [0.25, 0.3) is 5.91 Å². The Morgan fingerprint density at radius 2 is 1.86 bits per heavy atom.